The predicted octanol–water partition coefficient (Wildman–Crippen LogP) is 1.69. The SMILES string of the molecule is COC(=O)c1ccc(/C=N\NC(=O)[C@@H]2CN(S(=O)(=O)c3ccccc3)CCN2S(=O)(=O)c2ccccc2)cc1. The number of carbonyl (C=O) groups excluding carboxylic acids is 2. The van der Waals surface area contributed by atoms with Gasteiger partial charge in [0.05, 0.1) is 28.7 Å². The van der Waals surface area contributed by atoms with Crippen molar-refractivity contribution in [2.24, 2.45) is 5.10 Å². The molecule has 0 radical (unpaired) electrons. The van der Waals surface area contributed by atoms with E-state index >= 15 is 0 Å². The van der Waals surface area contributed by atoms with Gasteiger partial charge in [-0.05, 0) is 42.0 Å². The first-order chi connectivity index (χ1) is 18.6. The number of ether oxygens (including phenoxy) is 1. The van der Waals surface area contributed by atoms with Crippen molar-refractivity contribution < 1.29 is 31.2 Å². The summed E-state index contributed by atoms with van der Waals surface area (Å²) >= 11 is 0. The highest BCUT2D eigenvalue weighted by Crippen LogP contribution is 2.25. The predicted molar refractivity (Wildman–Crippen MR) is 143 cm³/mol. The van der Waals surface area contributed by atoms with E-state index in [-0.39, 0.29) is 22.9 Å². The average molecular weight is 571 g/mol. The van der Waals surface area contributed by atoms with E-state index in [1.165, 1.54) is 49.7 Å². The number of nitrogens with zero attached hydrogens (tertiary/aromatic N) is 3. The topological polar surface area (TPSA) is 143 Å². The molecule has 0 spiro atoms. The van der Waals surface area contributed by atoms with E-state index in [2.05, 4.69) is 15.3 Å². The van der Waals surface area contributed by atoms with Gasteiger partial charge in [0.15, 0.2) is 0 Å². The van der Waals surface area contributed by atoms with Crippen molar-refractivity contribution in [2.75, 3.05) is 26.7 Å². The quantitative estimate of drug-likeness (QED) is 0.247. The molecule has 204 valence electrons. The molecule has 0 bridgehead atoms. The van der Waals surface area contributed by atoms with E-state index in [0.717, 1.165) is 8.61 Å². The van der Waals surface area contributed by atoms with Crippen molar-refractivity contribution in [3.05, 3.63) is 96.1 Å². The molecule has 13 heteroatoms. The second-order valence-corrected chi connectivity index (χ2v) is 12.3. The van der Waals surface area contributed by atoms with Crippen molar-refractivity contribution in [3.63, 3.8) is 0 Å². The van der Waals surface area contributed by atoms with Crippen molar-refractivity contribution in [3.8, 4) is 0 Å². The Morgan fingerprint density at radius 3 is 1.97 bits per heavy atom. The molecule has 1 aliphatic rings. The number of benzene rings is 3. The lowest BCUT2D eigenvalue weighted by Gasteiger charge is -2.38. The Hall–Kier alpha value is -3.91. The minimum atomic E-state index is -4.13. The van der Waals surface area contributed by atoms with Crippen LogP contribution in [-0.4, -0.2) is 76.3 Å². The van der Waals surface area contributed by atoms with Gasteiger partial charge in [0.25, 0.3) is 5.91 Å². The third kappa shape index (κ3) is 6.23. The van der Waals surface area contributed by atoms with Crippen LogP contribution in [0, 0.1) is 0 Å². The van der Waals surface area contributed by atoms with E-state index in [1.807, 2.05) is 0 Å². The van der Waals surface area contributed by atoms with Gasteiger partial charge < -0.3 is 4.74 Å². The molecule has 0 saturated carbocycles. The molecule has 3 aromatic rings. The summed E-state index contributed by atoms with van der Waals surface area (Å²) in [5, 5.41) is 3.92. The normalized spacial score (nSPS) is 17.1. The number of rotatable bonds is 8. The lowest BCUT2D eigenvalue weighted by Crippen LogP contribution is -2.60. The zero-order chi connectivity index (χ0) is 28.0. The molecule has 39 heavy (non-hydrogen) atoms. The molecule has 4 rings (SSSR count). The van der Waals surface area contributed by atoms with Gasteiger partial charge in [0.2, 0.25) is 20.0 Å². The fourth-order valence-electron chi connectivity index (χ4n) is 4.00. The van der Waals surface area contributed by atoms with Crippen LogP contribution in [0.4, 0.5) is 0 Å². The molecule has 0 aliphatic carbocycles. The summed E-state index contributed by atoms with van der Waals surface area (Å²) < 4.78 is 60.1. The zero-order valence-corrected chi connectivity index (χ0v) is 22.5. The molecular weight excluding hydrogens is 544 g/mol. The van der Waals surface area contributed by atoms with Crippen LogP contribution in [0.5, 0.6) is 0 Å². The lowest BCUT2D eigenvalue weighted by atomic mass is 10.1. The molecule has 1 aliphatic heterocycles. The van der Waals surface area contributed by atoms with Crippen LogP contribution in [0.2, 0.25) is 0 Å². The van der Waals surface area contributed by atoms with E-state index in [4.69, 9.17) is 0 Å². The second-order valence-electron chi connectivity index (χ2n) is 8.47. The molecule has 0 aromatic heterocycles. The largest absolute Gasteiger partial charge is 0.465 e. The van der Waals surface area contributed by atoms with E-state index in [9.17, 15) is 26.4 Å². The Labute approximate surface area is 226 Å². The number of piperazine rings is 1. The number of sulfonamides is 2. The summed E-state index contributed by atoms with van der Waals surface area (Å²) in [6, 6.07) is 20.2. The van der Waals surface area contributed by atoms with Gasteiger partial charge >= 0.3 is 5.97 Å². The number of hydrogen-bond donors (Lipinski definition) is 1. The monoisotopic (exact) mass is 570 g/mol. The summed E-state index contributed by atoms with van der Waals surface area (Å²) in [7, 11) is -6.84. The first kappa shape index (κ1) is 28.1. The smallest absolute Gasteiger partial charge is 0.337 e. The maximum absolute atomic E-state index is 13.4. The Morgan fingerprint density at radius 2 is 1.41 bits per heavy atom. The molecule has 1 amide bonds. The van der Waals surface area contributed by atoms with Crippen molar-refractivity contribution in [2.45, 2.75) is 15.8 Å². The molecule has 3 aromatic carbocycles. The van der Waals surface area contributed by atoms with Crippen LogP contribution in [0.3, 0.4) is 0 Å². The maximum atomic E-state index is 13.4. The standard InChI is InChI=1S/C26H26N4O7S2/c1-37-26(32)21-14-12-20(13-15-21)18-27-28-25(31)24-19-29(38(33,34)22-8-4-2-5-9-22)16-17-30(24)39(35,36)23-10-6-3-7-11-23/h2-15,18,24H,16-17,19H2,1H3,(H,28,31)/b27-18-/t24-/m0/s1. The Morgan fingerprint density at radius 1 is 0.846 bits per heavy atom. The van der Waals surface area contributed by atoms with E-state index in [1.54, 1.807) is 48.5 Å². The van der Waals surface area contributed by atoms with Crippen LogP contribution in [0.25, 0.3) is 0 Å². The third-order valence-corrected chi connectivity index (χ3v) is 9.85. The fourth-order valence-corrected chi connectivity index (χ4v) is 7.05. The van der Waals surface area contributed by atoms with Crippen LogP contribution in [-0.2, 0) is 29.6 Å². The van der Waals surface area contributed by atoms with E-state index < -0.39 is 44.5 Å². The molecular formula is C26H26N4O7S2. The molecule has 0 unspecified atom stereocenters. The zero-order valence-electron chi connectivity index (χ0n) is 20.9. The molecule has 1 atom stereocenters. The van der Waals surface area contributed by atoms with Crippen LogP contribution < -0.4 is 5.43 Å². The summed E-state index contributed by atoms with van der Waals surface area (Å²) in [5.41, 5.74) is 3.21. The number of esters is 1. The minimum Gasteiger partial charge on any atom is -0.465 e. The minimum absolute atomic E-state index is 0.0173. The summed E-state index contributed by atoms with van der Waals surface area (Å²) in [6.45, 7) is -0.776. The number of carbonyl (C=O) groups is 2. The molecule has 1 saturated heterocycles. The fraction of sp³-hybridized carbons (Fsp3) is 0.192. The van der Waals surface area contributed by atoms with Gasteiger partial charge in [0, 0.05) is 19.6 Å². The van der Waals surface area contributed by atoms with Gasteiger partial charge in [-0.3, -0.25) is 4.79 Å². The Bertz CT molecular complexity index is 1560. The van der Waals surface area contributed by atoms with Crippen molar-refractivity contribution >= 4 is 38.1 Å². The highest BCUT2D eigenvalue weighted by atomic mass is 32.2. The number of nitrogens with one attached hydrogen (secondary N) is 1. The first-order valence-corrected chi connectivity index (χ1v) is 14.7. The van der Waals surface area contributed by atoms with Crippen LogP contribution in [0.15, 0.2) is 99.8 Å². The van der Waals surface area contributed by atoms with E-state index in [0.29, 0.717) is 11.1 Å². The average Bonchev–Trinajstić information content (AvgIpc) is 2.97. The molecule has 1 heterocycles. The number of methoxy groups -OCH3 is 1. The van der Waals surface area contributed by atoms with Gasteiger partial charge in [-0.1, -0.05) is 48.5 Å². The molecule has 1 fully saturated rings. The van der Waals surface area contributed by atoms with Crippen molar-refractivity contribution in [1.29, 1.82) is 0 Å². The third-order valence-electron chi connectivity index (χ3n) is 6.05. The van der Waals surface area contributed by atoms with Gasteiger partial charge in [-0.15, -0.1) is 0 Å². The van der Waals surface area contributed by atoms with Gasteiger partial charge in [0.1, 0.15) is 6.04 Å². The van der Waals surface area contributed by atoms with Crippen LogP contribution >= 0.6 is 0 Å². The Balaban J connectivity index is 1.58. The number of hydrogen-bond acceptors (Lipinski definition) is 8. The lowest BCUT2D eigenvalue weighted by molar-refractivity contribution is -0.125. The highest BCUT2D eigenvalue weighted by Gasteiger charge is 2.43. The maximum Gasteiger partial charge on any atom is 0.337 e. The van der Waals surface area contributed by atoms with Gasteiger partial charge in [-0.25, -0.2) is 27.1 Å². The van der Waals surface area contributed by atoms with Crippen LogP contribution in [0.1, 0.15) is 15.9 Å². The number of amides is 1. The summed E-state index contributed by atoms with van der Waals surface area (Å²) in [5.74, 6) is -1.30. The second kappa shape index (κ2) is 11.9. The molecule has 1 N–H and O–H groups in total. The number of hydrazone groups is 1. The molecule has 11 nitrogen and oxygen atoms in total. The summed E-state index contributed by atoms with van der Waals surface area (Å²) in [4.78, 5) is 24.9. The van der Waals surface area contributed by atoms with Crippen molar-refractivity contribution in [1.82, 2.24) is 14.0 Å². The Kier molecular flexibility index (Phi) is 8.55. The first-order valence-electron chi connectivity index (χ1n) is 11.8. The summed E-state index contributed by atoms with van der Waals surface area (Å²) in [6.07, 6.45) is 1.32. The van der Waals surface area contributed by atoms with Gasteiger partial charge in [-0.2, -0.15) is 13.7 Å². The highest BCUT2D eigenvalue weighted by molar-refractivity contribution is 7.89.